The smallest absolute Gasteiger partial charge is 0.126 e. The predicted molar refractivity (Wildman–Crippen MR) is 105 cm³/mol. The molecular formula is C22H33NO. The lowest BCUT2D eigenvalue weighted by Crippen LogP contribution is -2.00. The van der Waals surface area contributed by atoms with E-state index in [0.717, 1.165) is 38.2 Å². The number of hydrogen-bond donors (Lipinski definition) is 0. The fraction of sp³-hybridized carbons (Fsp3) is 0.591. The Morgan fingerprint density at radius 1 is 1.17 bits per heavy atom. The summed E-state index contributed by atoms with van der Waals surface area (Å²) in [6, 6.07) is 6.82. The Morgan fingerprint density at radius 3 is 2.62 bits per heavy atom. The van der Waals surface area contributed by atoms with Crippen LogP contribution in [0.5, 0.6) is 0 Å². The van der Waals surface area contributed by atoms with Crippen molar-refractivity contribution in [1.29, 1.82) is 0 Å². The average Bonchev–Trinajstić information content (AvgIpc) is 2.83. The van der Waals surface area contributed by atoms with Gasteiger partial charge in [0.15, 0.2) is 0 Å². The van der Waals surface area contributed by atoms with E-state index in [1.165, 1.54) is 40.8 Å². The third-order valence-corrected chi connectivity index (χ3v) is 4.83. The number of aryl methyl sites for hydroxylation is 1. The zero-order valence-corrected chi connectivity index (χ0v) is 16.1. The van der Waals surface area contributed by atoms with Crippen LogP contribution in [0.1, 0.15) is 82.9 Å². The van der Waals surface area contributed by atoms with E-state index in [2.05, 4.69) is 57.8 Å². The molecule has 24 heavy (non-hydrogen) atoms. The van der Waals surface area contributed by atoms with Crippen molar-refractivity contribution in [3.63, 3.8) is 0 Å². The number of rotatable bonds is 9. The van der Waals surface area contributed by atoms with Crippen molar-refractivity contribution >= 4 is 11.5 Å². The summed E-state index contributed by atoms with van der Waals surface area (Å²) in [7, 11) is 0. The van der Waals surface area contributed by atoms with E-state index in [-0.39, 0.29) is 0 Å². The number of nitrogens with zero attached hydrogens (tertiary/aromatic N) is 1. The molecule has 1 aliphatic rings. The number of aliphatic imine (C=N–C) groups is 1. The van der Waals surface area contributed by atoms with Gasteiger partial charge in [0.05, 0.1) is 6.61 Å². The Labute approximate surface area is 148 Å². The number of hydrogen-bond acceptors (Lipinski definition) is 2. The molecular weight excluding hydrogens is 294 g/mol. The van der Waals surface area contributed by atoms with Crippen LogP contribution in [0.3, 0.4) is 0 Å². The summed E-state index contributed by atoms with van der Waals surface area (Å²) in [5, 5.41) is 0. The zero-order chi connectivity index (χ0) is 17.5. The summed E-state index contributed by atoms with van der Waals surface area (Å²) in [5.74, 6) is 1.65. The minimum atomic E-state index is 0.496. The molecule has 0 saturated carbocycles. The first-order chi connectivity index (χ1) is 11.6. The number of ether oxygens (including phenoxy) is 1. The average molecular weight is 328 g/mol. The van der Waals surface area contributed by atoms with Crippen molar-refractivity contribution < 1.29 is 4.74 Å². The molecule has 0 radical (unpaired) electrons. The second-order valence-corrected chi connectivity index (χ2v) is 6.95. The first-order valence-corrected chi connectivity index (χ1v) is 9.53. The minimum Gasteiger partial charge on any atom is -0.493 e. The lowest BCUT2D eigenvalue weighted by Gasteiger charge is -2.14. The molecule has 0 bridgehead atoms. The van der Waals surface area contributed by atoms with Crippen LogP contribution in [-0.2, 0) is 11.2 Å². The van der Waals surface area contributed by atoms with Gasteiger partial charge in [-0.1, -0.05) is 31.5 Å². The maximum atomic E-state index is 6.09. The summed E-state index contributed by atoms with van der Waals surface area (Å²) in [6.45, 7) is 12.4. The summed E-state index contributed by atoms with van der Waals surface area (Å²) in [4.78, 5) is 4.55. The van der Waals surface area contributed by atoms with Gasteiger partial charge in [-0.25, -0.2) is 0 Å². The monoisotopic (exact) mass is 327 g/mol. The highest BCUT2D eigenvalue weighted by molar-refractivity contribution is 5.79. The van der Waals surface area contributed by atoms with Crippen molar-refractivity contribution in [2.45, 2.75) is 72.6 Å². The van der Waals surface area contributed by atoms with Crippen LogP contribution in [0.4, 0.5) is 0 Å². The Kier molecular flexibility index (Phi) is 7.08. The van der Waals surface area contributed by atoms with Gasteiger partial charge in [0.2, 0.25) is 0 Å². The van der Waals surface area contributed by atoms with Crippen molar-refractivity contribution in [1.82, 2.24) is 0 Å². The summed E-state index contributed by atoms with van der Waals surface area (Å²) in [6.07, 6.45) is 5.91. The second kappa shape index (κ2) is 9.05. The third-order valence-electron chi connectivity index (χ3n) is 4.83. The highest BCUT2D eigenvalue weighted by Crippen LogP contribution is 2.46. The summed E-state index contributed by atoms with van der Waals surface area (Å²) in [5.41, 5.74) is 6.91. The Bertz CT molecular complexity index is 608. The standard InChI is InChI=1S/C22H33NO/c1-6-8-11-18-12-9-13-20-19(14-10-15-23-16(3)4)17(5)22(21(18)20)24-7-2/h9,12-13,19H,6-8,10-11,14-15H2,1-5H3. The molecule has 0 fully saturated rings. The lowest BCUT2D eigenvalue weighted by atomic mass is 9.90. The number of fused-ring (bicyclic) bond motifs is 1. The van der Waals surface area contributed by atoms with Gasteiger partial charge in [0.1, 0.15) is 5.76 Å². The van der Waals surface area contributed by atoms with E-state index in [1.54, 1.807) is 0 Å². The fourth-order valence-electron chi connectivity index (χ4n) is 3.65. The maximum Gasteiger partial charge on any atom is 0.126 e. The van der Waals surface area contributed by atoms with Crippen LogP contribution >= 0.6 is 0 Å². The van der Waals surface area contributed by atoms with Gasteiger partial charge in [-0.2, -0.15) is 0 Å². The maximum absolute atomic E-state index is 6.09. The van der Waals surface area contributed by atoms with Crippen LogP contribution in [0, 0.1) is 0 Å². The van der Waals surface area contributed by atoms with Gasteiger partial charge in [-0.15, -0.1) is 0 Å². The Hall–Kier alpha value is -1.57. The van der Waals surface area contributed by atoms with Crippen LogP contribution < -0.4 is 0 Å². The normalized spacial score (nSPS) is 16.3. The molecule has 2 heteroatoms. The third kappa shape index (κ3) is 4.28. The molecule has 0 spiro atoms. The SMILES string of the molecule is CCCCc1cccc2c1C(OCC)=C(C)C2CCCN=C(C)C. The van der Waals surface area contributed by atoms with Crippen molar-refractivity contribution in [3.8, 4) is 0 Å². The predicted octanol–water partition coefficient (Wildman–Crippen LogP) is 6.15. The molecule has 0 aromatic heterocycles. The highest BCUT2D eigenvalue weighted by atomic mass is 16.5. The molecule has 0 heterocycles. The quantitative estimate of drug-likeness (QED) is 0.393. The van der Waals surface area contributed by atoms with Gasteiger partial charge in [0, 0.05) is 23.7 Å². The van der Waals surface area contributed by atoms with Crippen LogP contribution in [-0.4, -0.2) is 18.9 Å². The first-order valence-electron chi connectivity index (χ1n) is 9.53. The highest BCUT2D eigenvalue weighted by Gasteiger charge is 2.31. The fourth-order valence-corrected chi connectivity index (χ4v) is 3.65. The molecule has 0 N–H and O–H groups in total. The van der Waals surface area contributed by atoms with Gasteiger partial charge in [-0.05, 0) is 70.1 Å². The Morgan fingerprint density at radius 2 is 1.96 bits per heavy atom. The largest absolute Gasteiger partial charge is 0.493 e. The Balaban J connectivity index is 2.27. The molecule has 0 aliphatic heterocycles. The molecule has 0 saturated heterocycles. The van der Waals surface area contributed by atoms with E-state index in [1.807, 2.05) is 0 Å². The lowest BCUT2D eigenvalue weighted by molar-refractivity contribution is 0.296. The van der Waals surface area contributed by atoms with Crippen LogP contribution in [0.2, 0.25) is 0 Å². The van der Waals surface area contributed by atoms with Gasteiger partial charge >= 0.3 is 0 Å². The number of unbranched alkanes of at least 4 members (excludes halogenated alkanes) is 1. The van der Waals surface area contributed by atoms with Crippen LogP contribution in [0.25, 0.3) is 5.76 Å². The molecule has 2 rings (SSSR count). The van der Waals surface area contributed by atoms with E-state index < -0.39 is 0 Å². The zero-order valence-electron chi connectivity index (χ0n) is 16.1. The van der Waals surface area contributed by atoms with E-state index >= 15 is 0 Å². The van der Waals surface area contributed by atoms with Gasteiger partial charge in [0.25, 0.3) is 0 Å². The second-order valence-electron chi connectivity index (χ2n) is 6.95. The minimum absolute atomic E-state index is 0.496. The molecule has 1 unspecified atom stereocenters. The van der Waals surface area contributed by atoms with Crippen LogP contribution in [0.15, 0.2) is 28.8 Å². The van der Waals surface area contributed by atoms with Crippen molar-refractivity contribution in [2.75, 3.05) is 13.2 Å². The molecule has 1 aromatic carbocycles. The van der Waals surface area contributed by atoms with E-state index in [4.69, 9.17) is 4.74 Å². The van der Waals surface area contributed by atoms with Gasteiger partial charge in [-0.3, -0.25) is 4.99 Å². The summed E-state index contributed by atoms with van der Waals surface area (Å²) < 4.78 is 6.09. The molecule has 1 atom stereocenters. The summed E-state index contributed by atoms with van der Waals surface area (Å²) >= 11 is 0. The van der Waals surface area contributed by atoms with E-state index in [0.29, 0.717) is 5.92 Å². The molecule has 2 nitrogen and oxygen atoms in total. The topological polar surface area (TPSA) is 21.6 Å². The van der Waals surface area contributed by atoms with Crippen molar-refractivity contribution in [3.05, 3.63) is 40.5 Å². The number of allylic oxidation sites excluding steroid dienone is 1. The van der Waals surface area contributed by atoms with E-state index in [9.17, 15) is 0 Å². The van der Waals surface area contributed by atoms with Gasteiger partial charge < -0.3 is 4.74 Å². The first kappa shape index (κ1) is 18.8. The molecule has 1 aromatic rings. The molecule has 132 valence electrons. The number of benzene rings is 1. The van der Waals surface area contributed by atoms with Crippen molar-refractivity contribution in [2.24, 2.45) is 4.99 Å². The molecule has 1 aliphatic carbocycles. The molecule has 0 amide bonds.